The average molecular weight is 637 g/mol. The molecule has 1 fully saturated rings. The Morgan fingerprint density at radius 1 is 0.629 bits per heavy atom. The maximum absolute atomic E-state index is 8.06. The molecule has 35 heavy (non-hydrogen) atoms. The zero-order valence-corrected chi connectivity index (χ0v) is 25.5. The van der Waals surface area contributed by atoms with Crippen LogP contribution in [-0.2, 0) is 32.8 Å². The number of hydrogen-bond donors (Lipinski definition) is 2. The molecule has 1 saturated heterocycles. The fourth-order valence-corrected chi connectivity index (χ4v) is 25.9. The van der Waals surface area contributed by atoms with E-state index < -0.39 is 20.0 Å². The van der Waals surface area contributed by atoms with Crippen LogP contribution >= 0.6 is 0 Å². The van der Waals surface area contributed by atoms with Crippen molar-refractivity contribution in [1.82, 2.24) is 0 Å². The number of allylic oxidation sites excluding steroid dienone is 8. The first kappa shape index (κ1) is 27.8. The van der Waals surface area contributed by atoms with Gasteiger partial charge in [-0.2, -0.15) is 0 Å². The van der Waals surface area contributed by atoms with E-state index in [1.165, 1.54) is 24.0 Å². The van der Waals surface area contributed by atoms with Gasteiger partial charge in [-0.1, -0.05) is 0 Å². The summed E-state index contributed by atoms with van der Waals surface area (Å²) in [6.07, 6.45) is 14.6. The maximum Gasteiger partial charge on any atom is 0.0483 e. The monoisotopic (exact) mass is 638 g/mol. The van der Waals surface area contributed by atoms with E-state index in [9.17, 15) is 0 Å². The predicted octanol–water partition coefficient (Wildman–Crippen LogP) is 7.68. The van der Waals surface area contributed by atoms with Crippen LogP contribution in [0.4, 0.5) is 0 Å². The standard InChI is InChI=1S/2C12H11.2C3H8O.C2H4.Hf/c2*1-2-6-11(7-3-1)10-12-8-4-5-9-12;2*1-3(2)4;1-2;/h2*1-3,6-9H,4,10H2;2*3-4H,1-2H3;1-2H2;. The summed E-state index contributed by atoms with van der Waals surface area (Å²) in [6.45, 7) is 6.89. The van der Waals surface area contributed by atoms with Crippen LogP contribution in [0.25, 0.3) is 0 Å². The Hall–Kier alpha value is -1.81. The summed E-state index contributed by atoms with van der Waals surface area (Å²) >= 11 is -2.29. The molecule has 1 aliphatic heterocycles. The second-order valence-corrected chi connectivity index (χ2v) is 26.4. The molecular weight excluding hydrogens is 595 g/mol. The van der Waals surface area contributed by atoms with Crippen LogP contribution in [0.15, 0.2) is 103 Å². The molecule has 3 heteroatoms. The van der Waals surface area contributed by atoms with Gasteiger partial charge in [0.1, 0.15) is 0 Å². The van der Waals surface area contributed by atoms with Gasteiger partial charge in [-0.3, -0.25) is 0 Å². The Kier molecular flexibility index (Phi) is 10.7. The van der Waals surface area contributed by atoms with E-state index in [1.807, 2.05) is 6.66 Å². The molecule has 0 bridgehead atoms. The number of rotatable bonds is 6. The van der Waals surface area contributed by atoms with E-state index in [0.717, 1.165) is 12.8 Å². The average Bonchev–Trinajstić information content (AvgIpc) is 3.24. The van der Waals surface area contributed by atoms with Crippen LogP contribution in [0.5, 0.6) is 0 Å². The third kappa shape index (κ3) is 8.97. The molecule has 186 valence electrons. The van der Waals surface area contributed by atoms with Crippen LogP contribution in [0.3, 0.4) is 0 Å². The van der Waals surface area contributed by atoms with E-state index in [0.29, 0.717) is 0 Å². The molecule has 3 aliphatic rings. The number of aliphatic hydroxyl groups excluding tert-OH is 2. The summed E-state index contributed by atoms with van der Waals surface area (Å²) in [5, 5.41) is 16.1. The Balaban J connectivity index is 0.000000376. The quantitative estimate of drug-likeness (QED) is 0.320. The van der Waals surface area contributed by atoms with E-state index in [-0.39, 0.29) is 12.2 Å². The van der Waals surface area contributed by atoms with Crippen molar-refractivity contribution in [2.45, 2.75) is 73.9 Å². The smallest absolute Gasteiger partial charge is 0.0483 e. The maximum atomic E-state index is 8.06. The first-order chi connectivity index (χ1) is 16.8. The second-order valence-electron chi connectivity index (χ2n) is 10.4. The second kappa shape index (κ2) is 13.5. The summed E-state index contributed by atoms with van der Waals surface area (Å²) in [5.41, 5.74) is 5.99. The van der Waals surface area contributed by atoms with Gasteiger partial charge in [0, 0.05) is 12.2 Å². The van der Waals surface area contributed by atoms with Crippen LogP contribution < -0.4 is 0 Å². The summed E-state index contributed by atoms with van der Waals surface area (Å²) < 4.78 is 6.88. The van der Waals surface area contributed by atoms with Crippen molar-refractivity contribution in [3.8, 4) is 0 Å². The number of benzene rings is 2. The van der Waals surface area contributed by atoms with Crippen LogP contribution in [0.1, 0.15) is 51.7 Å². The zero-order valence-electron chi connectivity index (χ0n) is 21.9. The summed E-state index contributed by atoms with van der Waals surface area (Å²) in [7, 11) is 0. The molecule has 0 amide bonds. The van der Waals surface area contributed by atoms with Crippen LogP contribution in [-0.4, -0.2) is 22.4 Å². The van der Waals surface area contributed by atoms with Gasteiger partial charge in [-0.15, -0.1) is 0 Å². The van der Waals surface area contributed by atoms with E-state index in [1.54, 1.807) is 47.2 Å². The van der Waals surface area contributed by atoms with E-state index in [2.05, 4.69) is 85.0 Å². The van der Waals surface area contributed by atoms with Crippen molar-refractivity contribution in [2.75, 3.05) is 0 Å². The molecule has 2 aliphatic carbocycles. The first-order valence-corrected chi connectivity index (χ1v) is 21.7. The largest absolute Gasteiger partial charge is 0.394 e. The molecule has 2 N–H and O–H groups in total. The van der Waals surface area contributed by atoms with Crippen molar-refractivity contribution in [1.29, 1.82) is 0 Å². The normalized spacial score (nSPS) is 17.5. The van der Waals surface area contributed by atoms with Gasteiger partial charge in [-0.05, 0) is 27.7 Å². The minimum absolute atomic E-state index is 0.167. The molecule has 2 aromatic rings. The molecule has 2 aromatic carbocycles. The molecular formula is C32H42HfO2. The van der Waals surface area contributed by atoms with Gasteiger partial charge in [0.2, 0.25) is 0 Å². The van der Waals surface area contributed by atoms with Crippen LogP contribution in [0.2, 0.25) is 8.35 Å². The van der Waals surface area contributed by atoms with Crippen molar-refractivity contribution < 1.29 is 30.2 Å². The molecule has 0 saturated carbocycles. The van der Waals surface area contributed by atoms with E-state index >= 15 is 0 Å². The fraction of sp³-hybridized carbons (Fsp3) is 0.375. The molecule has 0 aromatic heterocycles. The van der Waals surface area contributed by atoms with Gasteiger partial charge in [0.15, 0.2) is 0 Å². The predicted molar refractivity (Wildman–Crippen MR) is 146 cm³/mol. The molecule has 1 heterocycles. The summed E-state index contributed by atoms with van der Waals surface area (Å²) in [4.78, 5) is 0. The van der Waals surface area contributed by atoms with Gasteiger partial charge < -0.3 is 10.2 Å². The SMILES string of the molecule is C1=C(Cc2ccccc2)C=[C]([Hf]2([C]3=CC(Cc4ccccc4)=CC3)[CH2][CH2]2)C1.CC(C)O.CC(C)O. The van der Waals surface area contributed by atoms with Crippen molar-refractivity contribution in [3.05, 3.63) is 114 Å². The summed E-state index contributed by atoms with van der Waals surface area (Å²) in [5.74, 6) is 0. The number of aliphatic hydroxyl groups is 2. The van der Waals surface area contributed by atoms with Crippen molar-refractivity contribution in [2.24, 2.45) is 0 Å². The topological polar surface area (TPSA) is 40.5 Å². The molecule has 5 rings (SSSR count). The summed E-state index contributed by atoms with van der Waals surface area (Å²) in [6, 6.07) is 21.8. The van der Waals surface area contributed by atoms with Gasteiger partial charge in [0.25, 0.3) is 0 Å². The van der Waals surface area contributed by atoms with Gasteiger partial charge >= 0.3 is 168 Å². The first-order valence-electron chi connectivity index (χ1n) is 13.0. The van der Waals surface area contributed by atoms with E-state index in [4.69, 9.17) is 10.2 Å². The Labute approximate surface area is 217 Å². The fourth-order valence-electron chi connectivity index (χ4n) is 4.72. The van der Waals surface area contributed by atoms with Gasteiger partial charge in [-0.25, -0.2) is 0 Å². The minimum atomic E-state index is -2.29. The van der Waals surface area contributed by atoms with Crippen molar-refractivity contribution >= 4 is 0 Å². The molecule has 0 spiro atoms. The van der Waals surface area contributed by atoms with Crippen LogP contribution in [0, 0.1) is 0 Å². The minimum Gasteiger partial charge on any atom is -0.394 e. The molecule has 0 unspecified atom stereocenters. The Morgan fingerprint density at radius 2 is 0.971 bits per heavy atom. The number of hydrogen-bond acceptors (Lipinski definition) is 2. The third-order valence-electron chi connectivity index (χ3n) is 6.37. The molecule has 2 nitrogen and oxygen atoms in total. The van der Waals surface area contributed by atoms with Gasteiger partial charge in [0.05, 0.1) is 0 Å². The molecule has 0 atom stereocenters. The Bertz CT molecular complexity index is 966. The third-order valence-corrected chi connectivity index (χ3v) is 23.1. The molecule has 0 radical (unpaired) electrons. The van der Waals surface area contributed by atoms with Crippen molar-refractivity contribution in [3.63, 3.8) is 0 Å². The Morgan fingerprint density at radius 3 is 1.29 bits per heavy atom. The zero-order chi connectivity index (χ0) is 25.3.